The molecule has 0 aromatic heterocycles. The van der Waals surface area contributed by atoms with Gasteiger partial charge in [0.15, 0.2) is 6.10 Å². The molecule has 11 heavy (non-hydrogen) atoms. The van der Waals surface area contributed by atoms with Crippen LogP contribution in [0.25, 0.3) is 0 Å². The van der Waals surface area contributed by atoms with E-state index < -0.39 is 12.1 Å². The number of hydrogen-bond donors (Lipinski definition) is 2. The largest absolute Gasteiger partial charge is 0.479 e. The van der Waals surface area contributed by atoms with Crippen molar-refractivity contribution in [1.82, 2.24) is 0 Å². The minimum Gasteiger partial charge on any atom is -0.479 e. The van der Waals surface area contributed by atoms with Gasteiger partial charge in [-0.05, 0) is 13.8 Å². The van der Waals surface area contributed by atoms with Crippen molar-refractivity contribution in [3.05, 3.63) is 0 Å². The van der Waals surface area contributed by atoms with Gasteiger partial charge in [0.25, 0.3) is 0 Å². The minimum absolute atomic E-state index is 0.0796. The predicted molar refractivity (Wildman–Crippen MR) is 39.3 cm³/mol. The molecule has 4 heteroatoms. The maximum Gasteiger partial charge on any atom is 0.332 e. The van der Waals surface area contributed by atoms with E-state index in [0.717, 1.165) is 0 Å². The van der Waals surface area contributed by atoms with Crippen molar-refractivity contribution in [3.63, 3.8) is 0 Å². The average molecular weight is 162 g/mol. The zero-order valence-corrected chi connectivity index (χ0v) is 6.78. The lowest BCUT2D eigenvalue weighted by Gasteiger charge is -2.08. The number of ether oxygens (including phenoxy) is 1. The lowest BCUT2D eigenvalue weighted by molar-refractivity contribution is -0.147. The molecule has 0 aliphatic heterocycles. The third-order valence-corrected chi connectivity index (χ3v) is 1.13. The van der Waals surface area contributed by atoms with Gasteiger partial charge < -0.3 is 14.9 Å². The summed E-state index contributed by atoms with van der Waals surface area (Å²) in [6.45, 7) is 3.99. The van der Waals surface area contributed by atoms with E-state index in [1.165, 1.54) is 0 Å². The summed E-state index contributed by atoms with van der Waals surface area (Å²) in [6, 6.07) is 0. The first-order valence-corrected chi connectivity index (χ1v) is 3.56. The van der Waals surface area contributed by atoms with Gasteiger partial charge in [-0.25, -0.2) is 4.79 Å². The Hall–Kier alpha value is -0.610. The molecule has 0 amide bonds. The molecule has 0 spiro atoms. The van der Waals surface area contributed by atoms with Crippen LogP contribution in [0.3, 0.4) is 0 Å². The van der Waals surface area contributed by atoms with Gasteiger partial charge in [-0.3, -0.25) is 0 Å². The molecule has 2 N–H and O–H groups in total. The molecular formula is C7H14O4. The van der Waals surface area contributed by atoms with Gasteiger partial charge in [0.05, 0.1) is 6.10 Å². The summed E-state index contributed by atoms with van der Waals surface area (Å²) < 4.78 is 5.04. The maximum atomic E-state index is 10.1. The predicted octanol–water partition coefficient (Wildman–Crippen LogP) is 0.247. The molecule has 0 rings (SSSR count). The van der Waals surface area contributed by atoms with Crippen molar-refractivity contribution < 1.29 is 19.7 Å². The van der Waals surface area contributed by atoms with Crippen LogP contribution in [0.15, 0.2) is 0 Å². The minimum atomic E-state index is -1.30. The summed E-state index contributed by atoms with van der Waals surface area (Å²) in [5.41, 5.74) is 0. The Bertz CT molecular complexity index is 122. The molecule has 0 saturated heterocycles. The molecule has 4 nitrogen and oxygen atoms in total. The standard InChI is InChI=1S/C7H14O4/c1-5(2)11-4-3-6(8)7(9)10/h5-6,8H,3-4H2,1-2H3,(H,9,10). The molecule has 0 fully saturated rings. The van der Waals surface area contributed by atoms with E-state index in [0.29, 0.717) is 0 Å². The van der Waals surface area contributed by atoms with E-state index in [4.69, 9.17) is 14.9 Å². The number of carboxylic acids is 1. The van der Waals surface area contributed by atoms with Crippen LogP contribution in [0.2, 0.25) is 0 Å². The number of rotatable bonds is 5. The lowest BCUT2D eigenvalue weighted by Crippen LogP contribution is -2.22. The summed E-state index contributed by atoms with van der Waals surface area (Å²) >= 11 is 0. The fraction of sp³-hybridized carbons (Fsp3) is 0.857. The molecule has 1 atom stereocenters. The van der Waals surface area contributed by atoms with Gasteiger partial charge in [0.1, 0.15) is 0 Å². The van der Waals surface area contributed by atoms with Gasteiger partial charge in [0, 0.05) is 13.0 Å². The first-order chi connectivity index (χ1) is 5.04. The fourth-order valence-corrected chi connectivity index (χ4v) is 0.539. The smallest absolute Gasteiger partial charge is 0.332 e. The SMILES string of the molecule is CC(C)OCCC(O)C(=O)O. The van der Waals surface area contributed by atoms with Gasteiger partial charge in [-0.2, -0.15) is 0 Å². The molecule has 0 radical (unpaired) electrons. The first kappa shape index (κ1) is 10.4. The van der Waals surface area contributed by atoms with Crippen molar-refractivity contribution in [1.29, 1.82) is 0 Å². The number of carbonyl (C=O) groups is 1. The number of aliphatic hydroxyl groups excluding tert-OH is 1. The van der Waals surface area contributed by atoms with Crippen LogP contribution >= 0.6 is 0 Å². The molecule has 0 aromatic rings. The number of aliphatic hydroxyl groups is 1. The van der Waals surface area contributed by atoms with Gasteiger partial charge in [-0.15, -0.1) is 0 Å². The van der Waals surface area contributed by atoms with Crippen LogP contribution in [0.4, 0.5) is 0 Å². The Labute approximate surface area is 65.8 Å². The summed E-state index contributed by atoms with van der Waals surface area (Å²) in [6.07, 6.45) is -1.07. The van der Waals surface area contributed by atoms with Crippen LogP contribution in [0.5, 0.6) is 0 Å². The number of carboxylic acid groups (broad SMARTS) is 1. The molecule has 0 aromatic carbocycles. The molecule has 0 aliphatic rings. The third kappa shape index (κ3) is 5.82. The molecule has 66 valence electrons. The molecule has 0 heterocycles. The van der Waals surface area contributed by atoms with E-state index >= 15 is 0 Å². The summed E-state index contributed by atoms with van der Waals surface area (Å²) in [7, 11) is 0. The van der Waals surface area contributed by atoms with Gasteiger partial charge in [0.2, 0.25) is 0 Å². The second-order valence-electron chi connectivity index (χ2n) is 2.56. The van der Waals surface area contributed by atoms with Crippen LogP contribution in [0, 0.1) is 0 Å². The van der Waals surface area contributed by atoms with E-state index in [2.05, 4.69) is 0 Å². The van der Waals surface area contributed by atoms with Crippen LogP contribution in [-0.2, 0) is 9.53 Å². The Morgan fingerprint density at radius 2 is 2.09 bits per heavy atom. The van der Waals surface area contributed by atoms with E-state index in [9.17, 15) is 4.79 Å². The first-order valence-electron chi connectivity index (χ1n) is 3.56. The molecule has 1 unspecified atom stereocenters. The summed E-state index contributed by atoms with van der Waals surface area (Å²) in [5.74, 6) is -1.20. The second-order valence-corrected chi connectivity index (χ2v) is 2.56. The summed E-state index contributed by atoms with van der Waals surface area (Å²) in [5, 5.41) is 17.0. The summed E-state index contributed by atoms with van der Waals surface area (Å²) in [4.78, 5) is 10.1. The Kier molecular flexibility index (Phi) is 4.81. The van der Waals surface area contributed by atoms with Gasteiger partial charge >= 0.3 is 5.97 Å². The lowest BCUT2D eigenvalue weighted by atomic mass is 10.3. The van der Waals surface area contributed by atoms with Crippen molar-refractivity contribution in [2.24, 2.45) is 0 Å². The monoisotopic (exact) mass is 162 g/mol. The van der Waals surface area contributed by atoms with Crippen LogP contribution in [0.1, 0.15) is 20.3 Å². The molecule has 0 aliphatic carbocycles. The van der Waals surface area contributed by atoms with Crippen LogP contribution in [-0.4, -0.2) is 35.0 Å². The average Bonchev–Trinajstić information content (AvgIpc) is 1.86. The zero-order valence-electron chi connectivity index (χ0n) is 6.78. The molecule has 0 bridgehead atoms. The molecular weight excluding hydrogens is 148 g/mol. The van der Waals surface area contributed by atoms with E-state index in [-0.39, 0.29) is 19.1 Å². The highest BCUT2D eigenvalue weighted by atomic mass is 16.5. The van der Waals surface area contributed by atoms with E-state index in [1.807, 2.05) is 13.8 Å². The molecule has 0 saturated carbocycles. The normalized spacial score (nSPS) is 13.5. The third-order valence-electron chi connectivity index (χ3n) is 1.13. The highest BCUT2D eigenvalue weighted by Crippen LogP contribution is 1.95. The van der Waals surface area contributed by atoms with Crippen LogP contribution < -0.4 is 0 Å². The Morgan fingerprint density at radius 1 is 1.55 bits per heavy atom. The van der Waals surface area contributed by atoms with E-state index in [1.54, 1.807) is 0 Å². The number of hydrogen-bond acceptors (Lipinski definition) is 3. The fourth-order valence-electron chi connectivity index (χ4n) is 0.539. The highest BCUT2D eigenvalue weighted by molar-refractivity contribution is 5.71. The van der Waals surface area contributed by atoms with Gasteiger partial charge in [-0.1, -0.05) is 0 Å². The van der Waals surface area contributed by atoms with Crippen molar-refractivity contribution in [2.75, 3.05) is 6.61 Å². The van der Waals surface area contributed by atoms with Crippen molar-refractivity contribution >= 4 is 5.97 Å². The van der Waals surface area contributed by atoms with Crippen molar-refractivity contribution in [2.45, 2.75) is 32.5 Å². The maximum absolute atomic E-state index is 10.1. The number of aliphatic carboxylic acids is 1. The highest BCUT2D eigenvalue weighted by Gasteiger charge is 2.12. The Morgan fingerprint density at radius 3 is 2.45 bits per heavy atom. The zero-order chi connectivity index (χ0) is 8.85. The van der Waals surface area contributed by atoms with Crippen molar-refractivity contribution in [3.8, 4) is 0 Å². The second kappa shape index (κ2) is 5.09. The quantitative estimate of drug-likeness (QED) is 0.608. The topological polar surface area (TPSA) is 66.8 Å². The Balaban J connectivity index is 3.31.